The van der Waals surface area contributed by atoms with E-state index in [9.17, 15) is 4.79 Å². The van der Waals surface area contributed by atoms with Crippen molar-refractivity contribution in [3.05, 3.63) is 19.9 Å². The Kier molecular flexibility index (Phi) is 4.47. The van der Waals surface area contributed by atoms with E-state index in [2.05, 4.69) is 41.8 Å². The number of hydrogen-bond acceptors (Lipinski definition) is 2. The number of carbonyl (C=O) groups excluding carboxylic acids is 1. The van der Waals surface area contributed by atoms with Crippen molar-refractivity contribution in [2.75, 3.05) is 0 Å². The van der Waals surface area contributed by atoms with Gasteiger partial charge < -0.3 is 5.32 Å². The first kappa shape index (κ1) is 13.3. The van der Waals surface area contributed by atoms with Crippen molar-refractivity contribution in [1.29, 1.82) is 0 Å². The molecule has 0 aromatic carbocycles. The summed E-state index contributed by atoms with van der Waals surface area (Å²) in [5.41, 5.74) is 0.812. The molecular formula is C13H18INOS. The molecule has 0 radical (unpaired) electrons. The quantitative estimate of drug-likeness (QED) is 0.811. The Hall–Kier alpha value is -0.100. The molecule has 2 nitrogen and oxygen atoms in total. The number of carbonyl (C=O) groups is 1. The minimum Gasteiger partial charge on any atom is -0.349 e. The van der Waals surface area contributed by atoms with Crippen molar-refractivity contribution in [2.45, 2.75) is 39.2 Å². The number of amides is 1. The molecule has 1 amide bonds. The molecule has 1 heterocycles. The van der Waals surface area contributed by atoms with Crippen LogP contribution in [0, 0.1) is 14.7 Å². The summed E-state index contributed by atoms with van der Waals surface area (Å²) in [5.74, 6) is 1.49. The van der Waals surface area contributed by atoms with Crippen LogP contribution in [0.4, 0.5) is 0 Å². The van der Waals surface area contributed by atoms with Gasteiger partial charge in [-0.05, 0) is 53.3 Å². The third-order valence-corrected chi connectivity index (χ3v) is 5.69. The van der Waals surface area contributed by atoms with Crippen LogP contribution in [-0.2, 0) is 0 Å². The van der Waals surface area contributed by atoms with E-state index >= 15 is 0 Å². The van der Waals surface area contributed by atoms with E-state index in [1.165, 1.54) is 15.7 Å². The average molecular weight is 363 g/mol. The minimum absolute atomic E-state index is 0.0952. The van der Waals surface area contributed by atoms with Crippen molar-refractivity contribution in [3.8, 4) is 0 Å². The third-order valence-electron chi connectivity index (χ3n) is 3.90. The van der Waals surface area contributed by atoms with Gasteiger partial charge in [-0.3, -0.25) is 4.79 Å². The van der Waals surface area contributed by atoms with Crippen LogP contribution < -0.4 is 5.32 Å². The molecule has 17 heavy (non-hydrogen) atoms. The molecule has 3 atom stereocenters. The van der Waals surface area contributed by atoms with Gasteiger partial charge in [-0.15, -0.1) is 11.3 Å². The Morgan fingerprint density at radius 2 is 2.35 bits per heavy atom. The zero-order chi connectivity index (χ0) is 12.4. The summed E-state index contributed by atoms with van der Waals surface area (Å²) in [4.78, 5) is 12.0. The third kappa shape index (κ3) is 3.02. The lowest BCUT2D eigenvalue weighted by Crippen LogP contribution is -2.37. The first-order valence-electron chi connectivity index (χ1n) is 6.16. The lowest BCUT2D eigenvalue weighted by molar-refractivity contribution is 0.0927. The molecule has 1 aromatic rings. The maximum atomic E-state index is 12.0. The van der Waals surface area contributed by atoms with E-state index in [1.807, 2.05) is 11.4 Å². The highest BCUT2D eigenvalue weighted by molar-refractivity contribution is 14.1. The van der Waals surface area contributed by atoms with Crippen molar-refractivity contribution in [3.63, 3.8) is 0 Å². The maximum Gasteiger partial charge on any atom is 0.252 e. The van der Waals surface area contributed by atoms with Crippen LogP contribution in [0.2, 0.25) is 0 Å². The first-order valence-corrected chi connectivity index (χ1v) is 8.12. The van der Waals surface area contributed by atoms with Gasteiger partial charge in [0.1, 0.15) is 0 Å². The Bertz CT molecular complexity index is 404. The van der Waals surface area contributed by atoms with E-state index in [-0.39, 0.29) is 5.91 Å². The van der Waals surface area contributed by atoms with Gasteiger partial charge >= 0.3 is 0 Å². The smallest absolute Gasteiger partial charge is 0.252 e. The lowest BCUT2D eigenvalue weighted by Gasteiger charge is -2.20. The fourth-order valence-corrected chi connectivity index (χ4v) is 4.03. The topological polar surface area (TPSA) is 29.1 Å². The summed E-state index contributed by atoms with van der Waals surface area (Å²) >= 11 is 3.87. The standard InChI is InChI=1S/C13H18INOS/c1-3-9-4-5-11(8(9)2)15-13(16)10-6-12(14)17-7-10/h6-9,11H,3-5H2,1-2H3,(H,15,16). The predicted octanol–water partition coefficient (Wildman–Crippen LogP) is 3.91. The van der Waals surface area contributed by atoms with Gasteiger partial charge in [0.2, 0.25) is 0 Å². The van der Waals surface area contributed by atoms with E-state index in [0.29, 0.717) is 12.0 Å². The second-order valence-corrected chi connectivity index (χ2v) is 7.63. The molecule has 4 heteroatoms. The van der Waals surface area contributed by atoms with Crippen LogP contribution in [0.25, 0.3) is 0 Å². The fourth-order valence-electron chi connectivity index (χ4n) is 2.71. The Balaban J connectivity index is 1.96. The SMILES string of the molecule is CCC1CCC(NC(=O)c2csc(I)c2)C1C. The van der Waals surface area contributed by atoms with Crippen molar-refractivity contribution in [2.24, 2.45) is 11.8 Å². The average Bonchev–Trinajstić information content (AvgIpc) is 2.87. The molecule has 3 unspecified atom stereocenters. The molecule has 0 aliphatic heterocycles. The number of rotatable bonds is 3. The van der Waals surface area contributed by atoms with Gasteiger partial charge in [-0.2, -0.15) is 0 Å². The highest BCUT2D eigenvalue weighted by atomic mass is 127. The van der Waals surface area contributed by atoms with Gasteiger partial charge in [-0.25, -0.2) is 0 Å². The number of halogens is 1. The summed E-state index contributed by atoms with van der Waals surface area (Å²) in [7, 11) is 0. The fraction of sp³-hybridized carbons (Fsp3) is 0.615. The minimum atomic E-state index is 0.0952. The monoisotopic (exact) mass is 363 g/mol. The van der Waals surface area contributed by atoms with Crippen LogP contribution in [0.5, 0.6) is 0 Å². The molecule has 0 spiro atoms. The molecule has 1 aliphatic rings. The van der Waals surface area contributed by atoms with E-state index in [4.69, 9.17) is 0 Å². The summed E-state index contributed by atoms with van der Waals surface area (Å²) in [6, 6.07) is 2.32. The molecule has 0 saturated heterocycles. The Labute approximate surface area is 120 Å². The zero-order valence-electron chi connectivity index (χ0n) is 10.2. The van der Waals surface area contributed by atoms with Gasteiger partial charge in [0.05, 0.1) is 8.45 Å². The van der Waals surface area contributed by atoms with Crippen molar-refractivity contribution in [1.82, 2.24) is 5.32 Å². The maximum absolute atomic E-state index is 12.0. The molecule has 1 N–H and O–H groups in total. The number of thiophene rings is 1. The van der Waals surface area contributed by atoms with Crippen LogP contribution in [0.3, 0.4) is 0 Å². The second kappa shape index (κ2) is 5.69. The molecule has 1 fully saturated rings. The first-order chi connectivity index (χ1) is 8.11. The molecular weight excluding hydrogens is 345 g/mol. The summed E-state index contributed by atoms with van der Waals surface area (Å²) in [6.07, 6.45) is 3.61. The second-order valence-electron chi connectivity index (χ2n) is 4.82. The highest BCUT2D eigenvalue weighted by Gasteiger charge is 2.32. The molecule has 2 rings (SSSR count). The zero-order valence-corrected chi connectivity index (χ0v) is 13.2. The summed E-state index contributed by atoms with van der Waals surface area (Å²) < 4.78 is 1.17. The van der Waals surface area contributed by atoms with Crippen LogP contribution in [0.1, 0.15) is 43.5 Å². The van der Waals surface area contributed by atoms with Gasteiger partial charge in [0.25, 0.3) is 5.91 Å². The molecule has 1 saturated carbocycles. The Morgan fingerprint density at radius 1 is 1.59 bits per heavy atom. The highest BCUT2D eigenvalue weighted by Crippen LogP contribution is 2.34. The van der Waals surface area contributed by atoms with Crippen LogP contribution in [0.15, 0.2) is 11.4 Å². The summed E-state index contributed by atoms with van der Waals surface area (Å²) in [6.45, 7) is 4.51. The van der Waals surface area contributed by atoms with Crippen LogP contribution in [-0.4, -0.2) is 11.9 Å². The van der Waals surface area contributed by atoms with Gasteiger partial charge in [0, 0.05) is 11.4 Å². The molecule has 1 aromatic heterocycles. The number of nitrogens with one attached hydrogen (secondary N) is 1. The molecule has 0 bridgehead atoms. The van der Waals surface area contributed by atoms with Crippen molar-refractivity contribution < 1.29 is 4.79 Å². The van der Waals surface area contributed by atoms with Gasteiger partial charge in [-0.1, -0.05) is 20.3 Å². The largest absolute Gasteiger partial charge is 0.349 e. The van der Waals surface area contributed by atoms with Gasteiger partial charge in [0.15, 0.2) is 0 Å². The van der Waals surface area contributed by atoms with E-state index in [1.54, 1.807) is 11.3 Å². The van der Waals surface area contributed by atoms with Crippen LogP contribution >= 0.6 is 33.9 Å². The Morgan fingerprint density at radius 3 is 2.88 bits per heavy atom. The summed E-state index contributed by atoms with van der Waals surface area (Å²) in [5, 5.41) is 5.13. The van der Waals surface area contributed by atoms with E-state index < -0.39 is 0 Å². The predicted molar refractivity (Wildman–Crippen MR) is 80.5 cm³/mol. The van der Waals surface area contributed by atoms with Crippen molar-refractivity contribution >= 4 is 39.8 Å². The molecule has 1 aliphatic carbocycles. The van der Waals surface area contributed by atoms with E-state index in [0.717, 1.165) is 17.9 Å². The normalized spacial score (nSPS) is 28.3. The lowest BCUT2D eigenvalue weighted by atomic mass is 9.93. The molecule has 94 valence electrons. The number of hydrogen-bond donors (Lipinski definition) is 1.